The molecule has 102 valence electrons. The molecule has 5 heteroatoms. The molecule has 19 heavy (non-hydrogen) atoms. The van der Waals surface area contributed by atoms with E-state index in [-0.39, 0.29) is 5.91 Å². The van der Waals surface area contributed by atoms with Gasteiger partial charge in [0.15, 0.2) is 0 Å². The van der Waals surface area contributed by atoms with E-state index in [2.05, 4.69) is 22.3 Å². The molecule has 0 saturated carbocycles. The Morgan fingerprint density at radius 2 is 1.89 bits per heavy atom. The topological polar surface area (TPSA) is 53.6 Å². The maximum atomic E-state index is 11.7. The lowest BCUT2D eigenvalue weighted by Gasteiger charge is -2.25. The van der Waals surface area contributed by atoms with E-state index < -0.39 is 0 Å². The summed E-state index contributed by atoms with van der Waals surface area (Å²) in [5.74, 6) is -0.0704. The van der Waals surface area contributed by atoms with Crippen LogP contribution >= 0.6 is 0 Å². The minimum absolute atomic E-state index is 0.0704. The quantitative estimate of drug-likeness (QED) is 0.763. The molecule has 2 rings (SSSR count). The van der Waals surface area contributed by atoms with Gasteiger partial charge in [-0.25, -0.2) is 0 Å². The van der Waals surface area contributed by atoms with E-state index in [9.17, 15) is 4.79 Å². The SMILES string of the molecule is C=C(NNC(=O)CN1CCOCC1)c1ccccc1. The summed E-state index contributed by atoms with van der Waals surface area (Å²) in [6.45, 7) is 7.24. The standard InChI is InChI=1S/C14H19N3O2/c1-12(13-5-3-2-4-6-13)15-16-14(18)11-17-7-9-19-10-8-17/h2-6,15H,1,7-11H2,(H,16,18). The van der Waals surface area contributed by atoms with E-state index in [4.69, 9.17) is 4.74 Å². The van der Waals surface area contributed by atoms with Crippen molar-refractivity contribution in [1.29, 1.82) is 0 Å². The van der Waals surface area contributed by atoms with Crippen molar-refractivity contribution in [3.05, 3.63) is 42.5 Å². The van der Waals surface area contributed by atoms with Crippen molar-refractivity contribution in [3.8, 4) is 0 Å². The number of benzene rings is 1. The Labute approximate surface area is 113 Å². The highest BCUT2D eigenvalue weighted by Gasteiger charge is 2.13. The van der Waals surface area contributed by atoms with Gasteiger partial charge in [0.25, 0.3) is 5.91 Å². The highest BCUT2D eigenvalue weighted by Crippen LogP contribution is 2.06. The number of morpholine rings is 1. The van der Waals surface area contributed by atoms with Crippen molar-refractivity contribution in [1.82, 2.24) is 15.8 Å². The summed E-state index contributed by atoms with van der Waals surface area (Å²) in [7, 11) is 0. The summed E-state index contributed by atoms with van der Waals surface area (Å²) < 4.78 is 5.23. The fraction of sp³-hybridized carbons (Fsp3) is 0.357. The zero-order chi connectivity index (χ0) is 13.5. The van der Waals surface area contributed by atoms with Crippen LogP contribution in [0.15, 0.2) is 36.9 Å². The van der Waals surface area contributed by atoms with Gasteiger partial charge in [0.2, 0.25) is 0 Å². The third kappa shape index (κ3) is 4.39. The molecular weight excluding hydrogens is 242 g/mol. The molecule has 1 saturated heterocycles. The fourth-order valence-corrected chi connectivity index (χ4v) is 1.86. The predicted molar refractivity (Wildman–Crippen MR) is 74.0 cm³/mol. The molecule has 2 N–H and O–H groups in total. The second-order valence-corrected chi connectivity index (χ2v) is 4.41. The Morgan fingerprint density at radius 3 is 2.58 bits per heavy atom. The molecule has 1 fully saturated rings. The van der Waals surface area contributed by atoms with Gasteiger partial charge in [-0.2, -0.15) is 0 Å². The van der Waals surface area contributed by atoms with Crippen LogP contribution in [0, 0.1) is 0 Å². The number of ether oxygens (including phenoxy) is 1. The highest BCUT2D eigenvalue weighted by atomic mass is 16.5. The van der Waals surface area contributed by atoms with E-state index >= 15 is 0 Å². The number of nitrogens with zero attached hydrogens (tertiary/aromatic N) is 1. The zero-order valence-electron chi connectivity index (χ0n) is 10.9. The number of hydrogen-bond donors (Lipinski definition) is 2. The van der Waals surface area contributed by atoms with Gasteiger partial charge in [-0.15, -0.1) is 0 Å². The van der Waals surface area contributed by atoms with Crippen LogP contribution in [-0.2, 0) is 9.53 Å². The highest BCUT2D eigenvalue weighted by molar-refractivity contribution is 5.79. The summed E-state index contributed by atoms with van der Waals surface area (Å²) in [5, 5.41) is 0. The van der Waals surface area contributed by atoms with E-state index in [1.807, 2.05) is 30.3 Å². The molecule has 0 bridgehead atoms. The van der Waals surface area contributed by atoms with Crippen LogP contribution in [0.5, 0.6) is 0 Å². The molecule has 0 aromatic heterocycles. The van der Waals surface area contributed by atoms with Crippen molar-refractivity contribution >= 4 is 11.6 Å². The van der Waals surface area contributed by atoms with Gasteiger partial charge in [-0.05, 0) is 5.56 Å². The van der Waals surface area contributed by atoms with Gasteiger partial charge in [0.1, 0.15) is 0 Å². The largest absolute Gasteiger partial charge is 0.379 e. The Hall–Kier alpha value is -1.85. The van der Waals surface area contributed by atoms with Crippen LogP contribution in [0.1, 0.15) is 5.56 Å². The normalized spacial score (nSPS) is 15.8. The second kappa shape index (κ2) is 6.92. The molecule has 1 heterocycles. The van der Waals surface area contributed by atoms with Gasteiger partial charge in [0.05, 0.1) is 25.5 Å². The van der Waals surface area contributed by atoms with Gasteiger partial charge < -0.3 is 4.74 Å². The maximum absolute atomic E-state index is 11.7. The predicted octanol–water partition coefficient (Wildman–Crippen LogP) is 0.610. The fourth-order valence-electron chi connectivity index (χ4n) is 1.86. The Kier molecular flexibility index (Phi) is 4.94. The summed E-state index contributed by atoms with van der Waals surface area (Å²) >= 11 is 0. The maximum Gasteiger partial charge on any atom is 0.252 e. The average molecular weight is 261 g/mol. The van der Waals surface area contributed by atoms with Crippen molar-refractivity contribution < 1.29 is 9.53 Å². The third-order valence-electron chi connectivity index (χ3n) is 2.95. The van der Waals surface area contributed by atoms with Gasteiger partial charge in [0, 0.05) is 13.1 Å². The van der Waals surface area contributed by atoms with Crippen LogP contribution in [0.4, 0.5) is 0 Å². The monoisotopic (exact) mass is 261 g/mol. The van der Waals surface area contributed by atoms with Crippen LogP contribution < -0.4 is 10.9 Å². The van der Waals surface area contributed by atoms with E-state index in [1.54, 1.807) is 0 Å². The lowest BCUT2D eigenvalue weighted by atomic mass is 10.2. The van der Waals surface area contributed by atoms with Crippen LogP contribution in [0.2, 0.25) is 0 Å². The molecule has 0 radical (unpaired) electrons. The van der Waals surface area contributed by atoms with Crippen molar-refractivity contribution in [3.63, 3.8) is 0 Å². The van der Waals surface area contributed by atoms with Crippen molar-refractivity contribution in [2.75, 3.05) is 32.8 Å². The molecule has 1 aromatic rings. The number of nitrogens with one attached hydrogen (secondary N) is 2. The number of amides is 1. The Balaban J connectivity index is 1.72. The average Bonchev–Trinajstić information content (AvgIpc) is 2.47. The molecule has 0 atom stereocenters. The first-order chi connectivity index (χ1) is 9.25. The number of carbonyl (C=O) groups is 1. The lowest BCUT2D eigenvalue weighted by Crippen LogP contribution is -2.46. The molecule has 0 unspecified atom stereocenters. The number of hydrogen-bond acceptors (Lipinski definition) is 4. The molecule has 5 nitrogen and oxygen atoms in total. The molecule has 1 aromatic carbocycles. The molecule has 1 aliphatic heterocycles. The summed E-state index contributed by atoms with van der Waals surface area (Å²) in [6.07, 6.45) is 0. The van der Waals surface area contributed by atoms with Gasteiger partial charge in [-0.1, -0.05) is 36.9 Å². The first-order valence-electron chi connectivity index (χ1n) is 6.35. The van der Waals surface area contributed by atoms with Crippen LogP contribution in [0.3, 0.4) is 0 Å². The minimum Gasteiger partial charge on any atom is -0.379 e. The zero-order valence-corrected chi connectivity index (χ0v) is 10.9. The van der Waals surface area contributed by atoms with E-state index in [1.165, 1.54) is 0 Å². The third-order valence-corrected chi connectivity index (χ3v) is 2.95. The number of carbonyl (C=O) groups excluding carboxylic acids is 1. The van der Waals surface area contributed by atoms with Crippen LogP contribution in [-0.4, -0.2) is 43.7 Å². The van der Waals surface area contributed by atoms with Gasteiger partial charge >= 0.3 is 0 Å². The Morgan fingerprint density at radius 1 is 1.21 bits per heavy atom. The van der Waals surface area contributed by atoms with Crippen LogP contribution in [0.25, 0.3) is 5.70 Å². The van der Waals surface area contributed by atoms with Crippen molar-refractivity contribution in [2.45, 2.75) is 0 Å². The number of hydrazine groups is 1. The molecule has 1 amide bonds. The first kappa shape index (κ1) is 13.6. The second-order valence-electron chi connectivity index (χ2n) is 4.41. The summed E-state index contributed by atoms with van der Waals surface area (Å²) in [5.41, 5.74) is 7.12. The van der Waals surface area contributed by atoms with Crippen molar-refractivity contribution in [2.24, 2.45) is 0 Å². The number of rotatable bonds is 5. The summed E-state index contributed by atoms with van der Waals surface area (Å²) in [4.78, 5) is 13.8. The molecule has 0 aliphatic carbocycles. The summed E-state index contributed by atoms with van der Waals surface area (Å²) in [6, 6.07) is 9.66. The lowest BCUT2D eigenvalue weighted by molar-refractivity contribution is -0.123. The Bertz CT molecular complexity index is 428. The minimum atomic E-state index is -0.0704. The molecular formula is C14H19N3O2. The van der Waals surface area contributed by atoms with Gasteiger partial charge in [-0.3, -0.25) is 20.5 Å². The van der Waals surface area contributed by atoms with E-state index in [0.717, 1.165) is 18.7 Å². The first-order valence-corrected chi connectivity index (χ1v) is 6.35. The smallest absolute Gasteiger partial charge is 0.252 e. The molecule has 0 spiro atoms. The molecule has 1 aliphatic rings. The van der Waals surface area contributed by atoms with E-state index in [0.29, 0.717) is 25.5 Å².